The zero-order chi connectivity index (χ0) is 22.8. The minimum absolute atomic E-state index is 0.0230. The number of alkyl halides is 2. The molecule has 1 N–H and O–H groups in total. The van der Waals surface area contributed by atoms with Gasteiger partial charge in [-0.1, -0.05) is 12.1 Å². The summed E-state index contributed by atoms with van der Waals surface area (Å²) in [4.78, 5) is 24.0. The largest absolute Gasteiger partial charge is 0.493 e. The fourth-order valence-electron chi connectivity index (χ4n) is 2.58. The predicted molar refractivity (Wildman–Crippen MR) is 110 cm³/mol. The molecule has 0 aromatic heterocycles. The SMILES string of the molecule is CCNC(=O)COc1ccc(/C=C/C(=O)c2ccc(OC(F)F)c(OC)c2)cc1OC. The van der Waals surface area contributed by atoms with Crippen LogP contribution in [0.3, 0.4) is 0 Å². The molecule has 31 heavy (non-hydrogen) atoms. The molecule has 1 amide bonds. The molecule has 0 aliphatic heterocycles. The van der Waals surface area contributed by atoms with Crippen molar-refractivity contribution >= 4 is 17.8 Å². The minimum atomic E-state index is -3.00. The zero-order valence-electron chi connectivity index (χ0n) is 17.3. The lowest BCUT2D eigenvalue weighted by Crippen LogP contribution is -2.28. The number of benzene rings is 2. The second kappa shape index (κ2) is 11.5. The maximum atomic E-state index is 12.4. The standard InChI is InChI=1S/C22H23F2NO6/c1-4-25-21(27)13-30-17-9-6-14(11-19(17)28-2)5-8-16(26)15-7-10-18(31-22(23)24)20(12-15)29-3/h5-12,22H,4,13H2,1-3H3,(H,25,27)/b8-5+. The summed E-state index contributed by atoms with van der Waals surface area (Å²) in [5.41, 5.74) is 0.892. The highest BCUT2D eigenvalue weighted by Crippen LogP contribution is 2.30. The predicted octanol–water partition coefficient (Wildman–Crippen LogP) is 3.72. The average Bonchev–Trinajstić information content (AvgIpc) is 2.76. The summed E-state index contributed by atoms with van der Waals surface area (Å²) in [7, 11) is 2.75. The number of ketones is 1. The zero-order valence-corrected chi connectivity index (χ0v) is 17.3. The first-order valence-electron chi connectivity index (χ1n) is 9.30. The van der Waals surface area contributed by atoms with Crippen LogP contribution in [0.4, 0.5) is 8.78 Å². The van der Waals surface area contributed by atoms with Gasteiger partial charge in [0.05, 0.1) is 14.2 Å². The van der Waals surface area contributed by atoms with Crippen LogP contribution in [-0.4, -0.2) is 45.7 Å². The summed E-state index contributed by atoms with van der Waals surface area (Å²) in [5.74, 6) is 0.0309. The highest BCUT2D eigenvalue weighted by Gasteiger charge is 2.13. The maximum Gasteiger partial charge on any atom is 0.387 e. The van der Waals surface area contributed by atoms with Crippen LogP contribution >= 0.6 is 0 Å². The molecule has 0 radical (unpaired) electrons. The Morgan fingerprint density at radius 3 is 2.32 bits per heavy atom. The van der Waals surface area contributed by atoms with E-state index in [0.29, 0.717) is 23.6 Å². The van der Waals surface area contributed by atoms with Crippen molar-refractivity contribution in [1.29, 1.82) is 0 Å². The number of ether oxygens (including phenoxy) is 4. The third kappa shape index (κ3) is 6.98. The molecule has 9 heteroatoms. The van der Waals surface area contributed by atoms with Crippen molar-refractivity contribution in [3.63, 3.8) is 0 Å². The van der Waals surface area contributed by atoms with Crippen molar-refractivity contribution in [2.24, 2.45) is 0 Å². The molecule has 2 aromatic rings. The van der Waals surface area contributed by atoms with E-state index in [9.17, 15) is 18.4 Å². The van der Waals surface area contributed by atoms with Gasteiger partial charge in [0.2, 0.25) is 0 Å². The van der Waals surface area contributed by atoms with Gasteiger partial charge in [-0.15, -0.1) is 0 Å². The second-order valence-corrected chi connectivity index (χ2v) is 6.09. The van der Waals surface area contributed by atoms with E-state index in [1.54, 1.807) is 24.3 Å². The van der Waals surface area contributed by atoms with Crippen LogP contribution in [0.2, 0.25) is 0 Å². The van der Waals surface area contributed by atoms with Crippen molar-refractivity contribution in [2.45, 2.75) is 13.5 Å². The number of carbonyl (C=O) groups is 2. The number of likely N-dealkylation sites (N-methyl/N-ethyl adjacent to an activating group) is 1. The van der Waals surface area contributed by atoms with E-state index in [4.69, 9.17) is 14.2 Å². The number of nitrogens with one attached hydrogen (secondary N) is 1. The molecule has 0 aliphatic carbocycles. The van der Waals surface area contributed by atoms with E-state index in [1.165, 1.54) is 38.5 Å². The van der Waals surface area contributed by atoms with E-state index < -0.39 is 6.61 Å². The minimum Gasteiger partial charge on any atom is -0.493 e. The number of rotatable bonds is 11. The van der Waals surface area contributed by atoms with Crippen LogP contribution in [0.5, 0.6) is 23.0 Å². The third-order valence-corrected chi connectivity index (χ3v) is 4.01. The lowest BCUT2D eigenvalue weighted by atomic mass is 10.1. The van der Waals surface area contributed by atoms with Crippen LogP contribution in [-0.2, 0) is 4.79 Å². The molecule has 0 heterocycles. The Morgan fingerprint density at radius 1 is 1.00 bits per heavy atom. The molecule has 0 spiro atoms. The monoisotopic (exact) mass is 435 g/mol. The van der Waals surface area contributed by atoms with Crippen molar-refractivity contribution in [3.8, 4) is 23.0 Å². The molecule has 166 valence electrons. The first-order valence-corrected chi connectivity index (χ1v) is 9.30. The van der Waals surface area contributed by atoms with E-state index in [0.717, 1.165) is 0 Å². The van der Waals surface area contributed by atoms with E-state index in [-0.39, 0.29) is 35.4 Å². The Labute approximate surface area is 178 Å². The topological polar surface area (TPSA) is 83.1 Å². The highest BCUT2D eigenvalue weighted by atomic mass is 19.3. The Morgan fingerprint density at radius 2 is 1.68 bits per heavy atom. The number of carbonyl (C=O) groups excluding carboxylic acids is 2. The molecule has 0 bridgehead atoms. The molecular weight excluding hydrogens is 412 g/mol. The summed E-state index contributed by atoms with van der Waals surface area (Å²) < 4.78 is 44.9. The summed E-state index contributed by atoms with van der Waals surface area (Å²) in [6.45, 7) is -0.836. The summed E-state index contributed by atoms with van der Waals surface area (Å²) in [6, 6.07) is 8.91. The highest BCUT2D eigenvalue weighted by molar-refractivity contribution is 6.07. The second-order valence-electron chi connectivity index (χ2n) is 6.09. The Bertz CT molecular complexity index is 946. The van der Waals surface area contributed by atoms with Gasteiger partial charge in [0.15, 0.2) is 35.4 Å². The van der Waals surface area contributed by atoms with E-state index >= 15 is 0 Å². The molecular formula is C22H23F2NO6. The molecule has 2 rings (SSSR count). The smallest absolute Gasteiger partial charge is 0.387 e. The van der Waals surface area contributed by atoms with Gasteiger partial charge >= 0.3 is 6.61 Å². The first kappa shape index (κ1) is 23.7. The summed E-state index contributed by atoms with van der Waals surface area (Å²) in [6.07, 6.45) is 2.89. The molecule has 2 aromatic carbocycles. The van der Waals surface area contributed by atoms with Gasteiger partial charge in [0.25, 0.3) is 5.91 Å². The quantitative estimate of drug-likeness (QED) is 0.428. The average molecular weight is 435 g/mol. The van der Waals surface area contributed by atoms with Crippen LogP contribution in [0, 0.1) is 0 Å². The molecule has 0 aliphatic rings. The molecule has 0 saturated carbocycles. The van der Waals surface area contributed by atoms with Crippen molar-refractivity contribution < 1.29 is 37.3 Å². The third-order valence-electron chi connectivity index (χ3n) is 4.01. The summed E-state index contributed by atoms with van der Waals surface area (Å²) >= 11 is 0. The van der Waals surface area contributed by atoms with Gasteiger partial charge in [-0.25, -0.2) is 0 Å². The number of allylic oxidation sites excluding steroid dienone is 1. The van der Waals surface area contributed by atoms with Gasteiger partial charge in [0, 0.05) is 12.1 Å². The number of hydrogen-bond acceptors (Lipinski definition) is 6. The number of hydrogen-bond donors (Lipinski definition) is 1. The first-order chi connectivity index (χ1) is 14.9. The normalized spacial score (nSPS) is 10.8. The molecule has 0 unspecified atom stereocenters. The number of halogens is 2. The van der Waals surface area contributed by atoms with Crippen LogP contribution < -0.4 is 24.3 Å². The fraction of sp³-hybridized carbons (Fsp3) is 0.273. The fourth-order valence-corrected chi connectivity index (χ4v) is 2.58. The van der Waals surface area contributed by atoms with Crippen molar-refractivity contribution in [1.82, 2.24) is 5.32 Å². The van der Waals surface area contributed by atoms with Crippen molar-refractivity contribution in [3.05, 3.63) is 53.6 Å². The summed E-state index contributed by atoms with van der Waals surface area (Å²) in [5, 5.41) is 2.63. The molecule has 0 atom stereocenters. The van der Waals surface area contributed by atoms with Gasteiger partial charge < -0.3 is 24.3 Å². The lowest BCUT2D eigenvalue weighted by Gasteiger charge is -2.11. The molecule has 7 nitrogen and oxygen atoms in total. The van der Waals surface area contributed by atoms with Gasteiger partial charge in [0.1, 0.15) is 0 Å². The van der Waals surface area contributed by atoms with Gasteiger partial charge in [-0.3, -0.25) is 9.59 Å². The van der Waals surface area contributed by atoms with E-state index in [1.807, 2.05) is 6.92 Å². The Balaban J connectivity index is 2.12. The van der Waals surface area contributed by atoms with Crippen molar-refractivity contribution in [2.75, 3.05) is 27.4 Å². The Hall–Kier alpha value is -3.62. The van der Waals surface area contributed by atoms with Crippen LogP contribution in [0.25, 0.3) is 6.08 Å². The van der Waals surface area contributed by atoms with Crippen LogP contribution in [0.1, 0.15) is 22.8 Å². The lowest BCUT2D eigenvalue weighted by molar-refractivity contribution is -0.123. The number of amides is 1. The molecule has 0 fully saturated rings. The number of methoxy groups -OCH3 is 2. The molecule has 0 saturated heterocycles. The van der Waals surface area contributed by atoms with Gasteiger partial charge in [-0.2, -0.15) is 8.78 Å². The maximum absolute atomic E-state index is 12.4. The van der Waals surface area contributed by atoms with E-state index in [2.05, 4.69) is 10.1 Å². The van der Waals surface area contributed by atoms with Gasteiger partial charge in [-0.05, 0) is 48.9 Å². The Kier molecular flexibility index (Phi) is 8.80. The van der Waals surface area contributed by atoms with Crippen LogP contribution in [0.15, 0.2) is 42.5 Å².